The average molecular weight is 472 g/mol. The molecule has 0 spiro atoms. The van der Waals surface area contributed by atoms with Crippen LogP contribution in [0.4, 0.5) is 0 Å². The molecule has 0 radical (unpaired) electrons. The standard InChI is InChI=1S/C18H28N6O.HI/c1-5-20-18(21-10-16-14(3)22-25-15(16)4)23-8-6-13(2)17(11-23)24-9-7-19-12-24;/h7,9,12-13,17H,5-6,8,10-11H2,1-4H3,(H,20,21);1H. The van der Waals surface area contributed by atoms with Gasteiger partial charge in [0.2, 0.25) is 0 Å². The quantitative estimate of drug-likeness (QED) is 0.421. The Labute approximate surface area is 172 Å². The number of nitrogens with one attached hydrogen (secondary N) is 1. The molecular formula is C18H29IN6O. The van der Waals surface area contributed by atoms with Gasteiger partial charge in [-0.15, -0.1) is 24.0 Å². The molecule has 0 bridgehead atoms. The molecule has 0 saturated carbocycles. The van der Waals surface area contributed by atoms with Gasteiger partial charge in [0.15, 0.2) is 5.96 Å². The minimum absolute atomic E-state index is 0. The van der Waals surface area contributed by atoms with Crippen LogP contribution in [0.25, 0.3) is 0 Å². The molecule has 0 aromatic carbocycles. The SMILES string of the molecule is CCNC(=NCc1c(C)noc1C)N1CCC(C)C(n2ccnc2)C1.I. The third-order valence-corrected chi connectivity index (χ3v) is 5.03. The average Bonchev–Trinajstić information content (AvgIpc) is 3.23. The molecule has 0 amide bonds. The first-order chi connectivity index (χ1) is 12.1. The van der Waals surface area contributed by atoms with Gasteiger partial charge in [0.1, 0.15) is 5.76 Å². The van der Waals surface area contributed by atoms with E-state index >= 15 is 0 Å². The summed E-state index contributed by atoms with van der Waals surface area (Å²) in [4.78, 5) is 11.4. The molecule has 26 heavy (non-hydrogen) atoms. The summed E-state index contributed by atoms with van der Waals surface area (Å²) in [5.74, 6) is 2.43. The van der Waals surface area contributed by atoms with Crippen LogP contribution in [-0.4, -0.2) is 45.2 Å². The number of aryl methyl sites for hydroxylation is 2. The van der Waals surface area contributed by atoms with Crippen molar-refractivity contribution in [1.29, 1.82) is 0 Å². The van der Waals surface area contributed by atoms with Crippen LogP contribution < -0.4 is 5.32 Å². The van der Waals surface area contributed by atoms with Gasteiger partial charge in [-0.2, -0.15) is 0 Å². The lowest BCUT2D eigenvalue weighted by Gasteiger charge is -2.39. The molecule has 7 nitrogen and oxygen atoms in total. The Morgan fingerprint density at radius 1 is 1.42 bits per heavy atom. The van der Waals surface area contributed by atoms with Crippen molar-refractivity contribution in [3.8, 4) is 0 Å². The van der Waals surface area contributed by atoms with Crippen molar-refractivity contribution >= 4 is 29.9 Å². The minimum atomic E-state index is 0. The van der Waals surface area contributed by atoms with E-state index in [0.29, 0.717) is 18.5 Å². The summed E-state index contributed by atoms with van der Waals surface area (Å²) in [6, 6.07) is 0.416. The molecule has 1 aliphatic rings. The van der Waals surface area contributed by atoms with E-state index in [-0.39, 0.29) is 24.0 Å². The van der Waals surface area contributed by atoms with Gasteiger partial charge in [0, 0.05) is 37.6 Å². The van der Waals surface area contributed by atoms with Crippen LogP contribution in [0.15, 0.2) is 28.2 Å². The number of aromatic nitrogens is 3. The second-order valence-corrected chi connectivity index (χ2v) is 6.76. The van der Waals surface area contributed by atoms with Gasteiger partial charge >= 0.3 is 0 Å². The maximum atomic E-state index is 5.25. The van der Waals surface area contributed by atoms with Gasteiger partial charge in [0.05, 0.1) is 24.6 Å². The minimum Gasteiger partial charge on any atom is -0.361 e. The monoisotopic (exact) mass is 472 g/mol. The van der Waals surface area contributed by atoms with E-state index in [1.54, 1.807) is 0 Å². The highest BCUT2D eigenvalue weighted by molar-refractivity contribution is 14.0. The number of imidazole rings is 1. The normalized spacial score (nSPS) is 20.8. The largest absolute Gasteiger partial charge is 0.361 e. The van der Waals surface area contributed by atoms with Crippen LogP contribution in [0, 0.1) is 19.8 Å². The zero-order valence-electron chi connectivity index (χ0n) is 16.0. The van der Waals surface area contributed by atoms with Crippen molar-refractivity contribution in [3.63, 3.8) is 0 Å². The summed E-state index contributed by atoms with van der Waals surface area (Å²) >= 11 is 0. The van der Waals surface area contributed by atoms with Crippen molar-refractivity contribution in [2.75, 3.05) is 19.6 Å². The molecule has 3 rings (SSSR count). The second-order valence-electron chi connectivity index (χ2n) is 6.76. The fraction of sp³-hybridized carbons (Fsp3) is 0.611. The number of rotatable bonds is 4. The fourth-order valence-corrected chi connectivity index (χ4v) is 3.40. The molecule has 1 N–H and O–H groups in total. The van der Waals surface area contributed by atoms with Gasteiger partial charge in [-0.05, 0) is 33.1 Å². The van der Waals surface area contributed by atoms with Crippen molar-refractivity contribution in [2.24, 2.45) is 10.9 Å². The van der Waals surface area contributed by atoms with Crippen LogP contribution >= 0.6 is 24.0 Å². The number of halogens is 1. The highest BCUT2D eigenvalue weighted by Crippen LogP contribution is 2.27. The van der Waals surface area contributed by atoms with E-state index in [1.807, 2.05) is 26.4 Å². The number of hydrogen-bond acceptors (Lipinski definition) is 4. The molecule has 1 fully saturated rings. The molecule has 2 unspecified atom stereocenters. The third-order valence-electron chi connectivity index (χ3n) is 5.03. The van der Waals surface area contributed by atoms with E-state index < -0.39 is 0 Å². The molecular weight excluding hydrogens is 443 g/mol. The lowest BCUT2D eigenvalue weighted by Crippen LogP contribution is -2.49. The first kappa shape index (κ1) is 20.7. The smallest absolute Gasteiger partial charge is 0.194 e. The van der Waals surface area contributed by atoms with E-state index in [4.69, 9.17) is 9.52 Å². The van der Waals surface area contributed by atoms with Crippen molar-refractivity contribution in [3.05, 3.63) is 35.7 Å². The molecule has 2 atom stereocenters. The third kappa shape index (κ3) is 4.57. The summed E-state index contributed by atoms with van der Waals surface area (Å²) in [7, 11) is 0. The van der Waals surface area contributed by atoms with Crippen LogP contribution in [0.1, 0.15) is 43.3 Å². The first-order valence-electron chi connectivity index (χ1n) is 9.02. The summed E-state index contributed by atoms with van der Waals surface area (Å²) in [5.41, 5.74) is 1.99. The number of piperidine rings is 1. The van der Waals surface area contributed by atoms with E-state index in [2.05, 4.69) is 45.0 Å². The molecule has 144 valence electrons. The molecule has 0 aliphatic carbocycles. The molecule has 1 saturated heterocycles. The lowest BCUT2D eigenvalue weighted by atomic mass is 9.93. The molecule has 2 aromatic heterocycles. The number of nitrogens with zero attached hydrogens (tertiary/aromatic N) is 5. The predicted octanol–water partition coefficient (Wildman–Crippen LogP) is 3.15. The van der Waals surface area contributed by atoms with Gasteiger partial charge < -0.3 is 19.3 Å². The zero-order chi connectivity index (χ0) is 17.8. The maximum Gasteiger partial charge on any atom is 0.194 e. The van der Waals surface area contributed by atoms with Gasteiger partial charge in [-0.1, -0.05) is 12.1 Å². The number of likely N-dealkylation sites (tertiary alicyclic amines) is 1. The summed E-state index contributed by atoms with van der Waals surface area (Å²) < 4.78 is 7.47. The second kappa shape index (κ2) is 9.38. The van der Waals surface area contributed by atoms with Crippen LogP contribution in [0.2, 0.25) is 0 Å². The van der Waals surface area contributed by atoms with Crippen molar-refractivity contribution in [1.82, 2.24) is 24.9 Å². The Kier molecular flexibility index (Phi) is 7.48. The predicted molar refractivity (Wildman–Crippen MR) is 113 cm³/mol. The summed E-state index contributed by atoms with van der Waals surface area (Å²) in [6.45, 7) is 11.7. The van der Waals surface area contributed by atoms with Crippen LogP contribution in [-0.2, 0) is 6.54 Å². The Morgan fingerprint density at radius 3 is 2.85 bits per heavy atom. The van der Waals surface area contributed by atoms with Crippen molar-refractivity contribution < 1.29 is 4.52 Å². The van der Waals surface area contributed by atoms with Gasteiger partial charge in [-0.3, -0.25) is 0 Å². The topological polar surface area (TPSA) is 71.5 Å². The molecule has 8 heteroatoms. The van der Waals surface area contributed by atoms with Gasteiger partial charge in [0.25, 0.3) is 0 Å². The molecule has 1 aliphatic heterocycles. The number of aliphatic imine (C=N–C) groups is 1. The zero-order valence-corrected chi connectivity index (χ0v) is 18.3. The lowest BCUT2D eigenvalue weighted by molar-refractivity contribution is 0.189. The highest BCUT2D eigenvalue weighted by Gasteiger charge is 2.29. The van der Waals surface area contributed by atoms with E-state index in [1.165, 1.54) is 0 Å². The summed E-state index contributed by atoms with van der Waals surface area (Å²) in [5, 5.41) is 7.45. The summed E-state index contributed by atoms with van der Waals surface area (Å²) in [6.07, 6.45) is 6.96. The Morgan fingerprint density at radius 2 is 2.23 bits per heavy atom. The van der Waals surface area contributed by atoms with Crippen molar-refractivity contribution in [2.45, 2.75) is 46.7 Å². The Hall–Kier alpha value is -1.58. The highest BCUT2D eigenvalue weighted by atomic mass is 127. The number of guanidine groups is 1. The number of hydrogen-bond donors (Lipinski definition) is 1. The van der Waals surface area contributed by atoms with Crippen LogP contribution in [0.5, 0.6) is 0 Å². The van der Waals surface area contributed by atoms with Crippen LogP contribution in [0.3, 0.4) is 0 Å². The van der Waals surface area contributed by atoms with Gasteiger partial charge in [-0.25, -0.2) is 9.98 Å². The Bertz CT molecular complexity index is 692. The van der Waals surface area contributed by atoms with E-state index in [9.17, 15) is 0 Å². The maximum absolute atomic E-state index is 5.25. The molecule has 2 aromatic rings. The van der Waals surface area contributed by atoms with E-state index in [0.717, 1.165) is 49.0 Å². The first-order valence-corrected chi connectivity index (χ1v) is 9.02. The fourth-order valence-electron chi connectivity index (χ4n) is 3.40. The Balaban J connectivity index is 0.00000243. The molecule has 3 heterocycles.